The van der Waals surface area contributed by atoms with Crippen LogP contribution in [0.25, 0.3) is 38.6 Å². The van der Waals surface area contributed by atoms with E-state index in [0.29, 0.717) is 5.88 Å². The maximum absolute atomic E-state index is 6.24. The second-order valence-electron chi connectivity index (χ2n) is 6.77. The van der Waals surface area contributed by atoms with Crippen LogP contribution in [0.2, 0.25) is 0 Å². The summed E-state index contributed by atoms with van der Waals surface area (Å²) in [5.74, 6) is 1.29. The van der Waals surface area contributed by atoms with Crippen LogP contribution >= 0.6 is 0 Å². The van der Waals surface area contributed by atoms with Gasteiger partial charge in [0, 0.05) is 29.5 Å². The lowest BCUT2D eigenvalue weighted by Gasteiger charge is -2.13. The van der Waals surface area contributed by atoms with Gasteiger partial charge in [0.15, 0.2) is 0 Å². The van der Waals surface area contributed by atoms with Gasteiger partial charge in [0.1, 0.15) is 17.0 Å². The molecule has 0 saturated carbocycles. The molecule has 5 heteroatoms. The zero-order valence-electron chi connectivity index (χ0n) is 15.3. The van der Waals surface area contributed by atoms with E-state index >= 15 is 0 Å². The summed E-state index contributed by atoms with van der Waals surface area (Å²) in [5.41, 5.74) is 3.87. The summed E-state index contributed by atoms with van der Waals surface area (Å²) in [6.45, 7) is 0. The Morgan fingerprint density at radius 1 is 0.759 bits per heavy atom. The monoisotopic (exact) mass is 377 g/mol. The number of fused-ring (bicyclic) bond motifs is 3. The standard InChI is InChI=1S/C24H15N3O2/c1-2-5-18-16(4-1)17(20-6-3-7-23-25-13-14-27(20)23)8-9-22(18)29-24-19-11-15-28-21(19)10-12-26-24/h1-15H. The van der Waals surface area contributed by atoms with Gasteiger partial charge in [0.25, 0.3) is 0 Å². The fourth-order valence-electron chi connectivity index (χ4n) is 3.81. The van der Waals surface area contributed by atoms with Gasteiger partial charge in [-0.25, -0.2) is 9.97 Å². The van der Waals surface area contributed by atoms with Gasteiger partial charge in [-0.15, -0.1) is 0 Å². The summed E-state index contributed by atoms with van der Waals surface area (Å²) in [4.78, 5) is 8.80. The molecule has 4 aromatic heterocycles. The molecule has 0 atom stereocenters. The lowest BCUT2D eigenvalue weighted by Crippen LogP contribution is -1.94. The lowest BCUT2D eigenvalue weighted by atomic mass is 10.0. The summed E-state index contributed by atoms with van der Waals surface area (Å²) in [6.07, 6.45) is 7.13. The van der Waals surface area contributed by atoms with E-state index in [1.807, 2.05) is 54.9 Å². The van der Waals surface area contributed by atoms with Crippen LogP contribution in [0.1, 0.15) is 0 Å². The summed E-state index contributed by atoms with van der Waals surface area (Å²) in [6, 6.07) is 22.1. The Morgan fingerprint density at radius 3 is 2.66 bits per heavy atom. The molecule has 4 heterocycles. The highest BCUT2D eigenvalue weighted by molar-refractivity contribution is 6.00. The first-order valence-corrected chi connectivity index (χ1v) is 9.33. The van der Waals surface area contributed by atoms with Crippen molar-refractivity contribution in [2.24, 2.45) is 0 Å². The Bertz CT molecular complexity index is 1500. The molecule has 0 saturated heterocycles. The van der Waals surface area contributed by atoms with Crippen molar-refractivity contribution in [3.63, 3.8) is 0 Å². The number of rotatable bonds is 3. The highest BCUT2D eigenvalue weighted by Crippen LogP contribution is 2.37. The first-order chi connectivity index (χ1) is 14.4. The number of imidazole rings is 1. The number of ether oxygens (including phenoxy) is 1. The van der Waals surface area contributed by atoms with Crippen molar-refractivity contribution >= 4 is 27.4 Å². The zero-order chi connectivity index (χ0) is 19.2. The third kappa shape index (κ3) is 2.48. The Balaban J connectivity index is 1.55. The number of aromatic nitrogens is 3. The number of nitrogens with zero attached hydrogens (tertiary/aromatic N) is 3. The summed E-state index contributed by atoms with van der Waals surface area (Å²) in [7, 11) is 0. The first kappa shape index (κ1) is 15.9. The molecule has 2 aromatic carbocycles. The minimum Gasteiger partial charge on any atom is -0.464 e. The molecule has 0 unspecified atom stereocenters. The van der Waals surface area contributed by atoms with Crippen molar-refractivity contribution in [2.45, 2.75) is 0 Å². The number of pyridine rings is 2. The fraction of sp³-hybridized carbons (Fsp3) is 0. The van der Waals surface area contributed by atoms with Gasteiger partial charge >= 0.3 is 0 Å². The van der Waals surface area contributed by atoms with Gasteiger partial charge in [0.2, 0.25) is 5.88 Å². The van der Waals surface area contributed by atoms with Crippen molar-refractivity contribution in [2.75, 3.05) is 0 Å². The minimum absolute atomic E-state index is 0.533. The van der Waals surface area contributed by atoms with Gasteiger partial charge in [0.05, 0.1) is 17.3 Å². The van der Waals surface area contributed by atoms with Gasteiger partial charge in [-0.1, -0.05) is 30.3 Å². The molecule has 138 valence electrons. The number of furan rings is 1. The Kier molecular flexibility index (Phi) is 3.40. The first-order valence-electron chi connectivity index (χ1n) is 9.33. The van der Waals surface area contributed by atoms with Gasteiger partial charge in [-0.2, -0.15) is 0 Å². The van der Waals surface area contributed by atoms with Crippen molar-refractivity contribution in [3.8, 4) is 22.9 Å². The topological polar surface area (TPSA) is 52.6 Å². The Hall–Kier alpha value is -4.12. The lowest BCUT2D eigenvalue weighted by molar-refractivity contribution is 0.474. The second-order valence-corrected chi connectivity index (χ2v) is 6.77. The van der Waals surface area contributed by atoms with E-state index in [9.17, 15) is 0 Å². The van der Waals surface area contributed by atoms with Crippen molar-refractivity contribution < 1.29 is 9.15 Å². The Morgan fingerprint density at radius 2 is 1.69 bits per heavy atom. The van der Waals surface area contributed by atoms with E-state index in [0.717, 1.165) is 44.4 Å². The van der Waals surface area contributed by atoms with Crippen molar-refractivity contribution in [1.29, 1.82) is 0 Å². The maximum Gasteiger partial charge on any atom is 0.230 e. The minimum atomic E-state index is 0.533. The molecule has 0 aliphatic heterocycles. The summed E-state index contributed by atoms with van der Waals surface area (Å²) in [5, 5.41) is 2.97. The van der Waals surface area contributed by atoms with Crippen LogP contribution in [0.3, 0.4) is 0 Å². The quantitative estimate of drug-likeness (QED) is 0.375. The Labute approximate surface area is 165 Å². The van der Waals surface area contributed by atoms with Crippen molar-refractivity contribution in [1.82, 2.24) is 14.4 Å². The highest BCUT2D eigenvalue weighted by Gasteiger charge is 2.13. The van der Waals surface area contributed by atoms with Crippen LogP contribution in [-0.4, -0.2) is 14.4 Å². The molecule has 0 aliphatic carbocycles. The summed E-state index contributed by atoms with van der Waals surface area (Å²) < 4.78 is 13.8. The van der Waals surface area contributed by atoms with Gasteiger partial charge in [-0.05, 0) is 41.8 Å². The molecule has 0 aliphatic rings. The predicted octanol–water partition coefficient (Wildman–Crippen LogP) is 6.09. The van der Waals surface area contributed by atoms with E-state index in [2.05, 4.69) is 38.6 Å². The number of hydrogen-bond acceptors (Lipinski definition) is 4. The maximum atomic E-state index is 6.24. The number of hydrogen-bond donors (Lipinski definition) is 0. The average molecular weight is 377 g/mol. The normalized spacial score (nSPS) is 11.4. The van der Waals surface area contributed by atoms with Crippen LogP contribution in [0.5, 0.6) is 11.6 Å². The number of benzene rings is 2. The molecule has 6 aromatic rings. The van der Waals surface area contributed by atoms with Crippen LogP contribution < -0.4 is 4.74 Å². The van der Waals surface area contributed by atoms with E-state index in [4.69, 9.17) is 9.15 Å². The van der Waals surface area contributed by atoms with Crippen LogP contribution in [0.15, 0.2) is 96.0 Å². The molecule has 0 amide bonds. The van der Waals surface area contributed by atoms with Gasteiger partial charge in [-0.3, -0.25) is 4.40 Å². The average Bonchev–Trinajstić information content (AvgIpc) is 3.44. The molecule has 0 bridgehead atoms. The molecule has 5 nitrogen and oxygen atoms in total. The van der Waals surface area contributed by atoms with Crippen LogP contribution in [0.4, 0.5) is 0 Å². The molecule has 29 heavy (non-hydrogen) atoms. The molecular formula is C24H15N3O2. The third-order valence-corrected chi connectivity index (χ3v) is 5.14. The largest absolute Gasteiger partial charge is 0.464 e. The fourth-order valence-corrected chi connectivity index (χ4v) is 3.81. The SMILES string of the molecule is c1ccc2c(-c3cccc4nccn34)ccc(Oc3nccc4occc34)c2c1. The zero-order valence-corrected chi connectivity index (χ0v) is 15.3. The third-order valence-electron chi connectivity index (χ3n) is 5.14. The smallest absolute Gasteiger partial charge is 0.230 e. The van der Waals surface area contributed by atoms with E-state index in [1.165, 1.54) is 0 Å². The van der Waals surface area contributed by atoms with Crippen LogP contribution in [-0.2, 0) is 0 Å². The predicted molar refractivity (Wildman–Crippen MR) is 112 cm³/mol. The molecule has 0 N–H and O–H groups in total. The van der Waals surface area contributed by atoms with Crippen LogP contribution in [0, 0.1) is 0 Å². The molecular weight excluding hydrogens is 362 g/mol. The molecule has 0 radical (unpaired) electrons. The molecule has 0 spiro atoms. The molecule has 0 fully saturated rings. The van der Waals surface area contributed by atoms with E-state index in [-0.39, 0.29) is 0 Å². The van der Waals surface area contributed by atoms with Gasteiger partial charge < -0.3 is 9.15 Å². The molecule has 6 rings (SSSR count). The summed E-state index contributed by atoms with van der Waals surface area (Å²) >= 11 is 0. The van der Waals surface area contributed by atoms with E-state index < -0.39 is 0 Å². The highest BCUT2D eigenvalue weighted by atomic mass is 16.5. The van der Waals surface area contributed by atoms with E-state index in [1.54, 1.807) is 12.5 Å². The van der Waals surface area contributed by atoms with Crippen molar-refractivity contribution in [3.05, 3.63) is 91.6 Å². The second kappa shape index (κ2) is 6.21.